The normalized spacial score (nSPS) is 17.2. The summed E-state index contributed by atoms with van der Waals surface area (Å²) in [6, 6.07) is 8.83. The number of hydrogen-bond donors (Lipinski definition) is 2. The van der Waals surface area contributed by atoms with Crippen molar-refractivity contribution in [1.82, 2.24) is 24.8 Å². The first kappa shape index (κ1) is 31.8. The van der Waals surface area contributed by atoms with E-state index in [4.69, 9.17) is 25.7 Å². The highest BCUT2D eigenvalue weighted by Crippen LogP contribution is 2.47. The number of halogens is 3. The quantitative estimate of drug-likeness (QED) is 0.186. The fraction of sp³-hybridized carbons (Fsp3) is 0.419. The van der Waals surface area contributed by atoms with Crippen molar-refractivity contribution >= 4 is 37.0 Å². The molecule has 1 amide bonds. The first-order chi connectivity index (χ1) is 20.5. The molecule has 9 nitrogen and oxygen atoms in total. The smallest absolute Gasteiger partial charge is 0.405 e. The molecule has 0 spiro atoms. The minimum Gasteiger partial charge on any atom is -0.465 e. The number of carboxylic acid groups (broad SMARTS) is 1. The number of imidazole rings is 1. The van der Waals surface area contributed by atoms with Gasteiger partial charge in [0.2, 0.25) is 0 Å². The van der Waals surface area contributed by atoms with Gasteiger partial charge in [-0.3, -0.25) is 0 Å². The summed E-state index contributed by atoms with van der Waals surface area (Å²) in [5.41, 5.74) is 2.47. The van der Waals surface area contributed by atoms with Crippen molar-refractivity contribution in [3.05, 3.63) is 71.0 Å². The minimum atomic E-state index is -3.06. The Balaban J connectivity index is 1.56. The molecular formula is C31H36ClF2N5O4Si. The zero-order valence-corrected chi connectivity index (χ0v) is 27.4. The van der Waals surface area contributed by atoms with Gasteiger partial charge in [-0.2, -0.15) is 8.78 Å². The molecule has 0 saturated carbocycles. The number of benzene rings is 2. The number of alkyl halides is 2. The number of carbonyl (C=O) groups is 1. The number of rotatable bonds is 8. The van der Waals surface area contributed by atoms with Gasteiger partial charge in [-0.1, -0.05) is 44.5 Å². The maximum absolute atomic E-state index is 13.3. The van der Waals surface area contributed by atoms with E-state index in [1.54, 1.807) is 18.5 Å². The number of aromatic nitrogens is 4. The molecule has 3 heterocycles. The summed E-state index contributed by atoms with van der Waals surface area (Å²) in [5.74, 6) is 0.942. The van der Waals surface area contributed by atoms with E-state index in [1.165, 1.54) is 12.1 Å². The second-order valence-corrected chi connectivity index (χ2v) is 18.1. The molecule has 1 aliphatic rings. The second kappa shape index (κ2) is 11.4. The van der Waals surface area contributed by atoms with E-state index in [1.807, 2.05) is 36.6 Å². The molecule has 234 valence electrons. The third-order valence-electron chi connectivity index (χ3n) is 8.50. The number of amides is 1. The van der Waals surface area contributed by atoms with Crippen LogP contribution in [0.3, 0.4) is 0 Å². The fourth-order valence-electron chi connectivity index (χ4n) is 5.48. The zero-order chi connectivity index (χ0) is 32.2. The third-order valence-corrected chi connectivity index (χ3v) is 13.5. The van der Waals surface area contributed by atoms with Gasteiger partial charge in [-0.25, -0.2) is 19.7 Å². The van der Waals surface area contributed by atoms with Gasteiger partial charge >= 0.3 is 12.7 Å². The Kier molecular flexibility index (Phi) is 8.23. The first-order valence-electron chi connectivity index (χ1n) is 14.3. The van der Waals surface area contributed by atoms with Crippen LogP contribution in [-0.4, -0.2) is 45.6 Å². The molecule has 0 unspecified atom stereocenters. The topological polar surface area (TPSA) is 111 Å². The maximum atomic E-state index is 13.3. The van der Waals surface area contributed by atoms with Gasteiger partial charge in [0.1, 0.15) is 17.2 Å². The SMILES string of the molecule is CC(C)(O[Si](C)(C)C(C)(C)C)c1ncc(-c2ccc3nc4n(c3c2)[C@@H](c2c(Cl)cccc2OC(F)F)C[C@H]4NC(=O)O)cn1. The van der Waals surface area contributed by atoms with E-state index in [0.717, 1.165) is 11.1 Å². The summed E-state index contributed by atoms with van der Waals surface area (Å²) in [7, 11) is -2.09. The lowest BCUT2D eigenvalue weighted by Crippen LogP contribution is -2.46. The van der Waals surface area contributed by atoms with Crippen molar-refractivity contribution in [2.75, 3.05) is 0 Å². The Hall–Kier alpha value is -3.61. The first-order valence-corrected chi connectivity index (χ1v) is 17.5. The second-order valence-electron chi connectivity index (χ2n) is 13.0. The summed E-state index contributed by atoms with van der Waals surface area (Å²) >= 11 is 6.55. The summed E-state index contributed by atoms with van der Waals surface area (Å²) in [5, 5.41) is 12.3. The van der Waals surface area contributed by atoms with Gasteiger partial charge < -0.3 is 24.2 Å². The van der Waals surface area contributed by atoms with Gasteiger partial charge in [-0.15, -0.1) is 0 Å². The third kappa shape index (κ3) is 6.02. The number of ether oxygens (including phenoxy) is 1. The predicted octanol–water partition coefficient (Wildman–Crippen LogP) is 8.31. The molecule has 0 saturated heterocycles. The number of hydrogen-bond acceptors (Lipinski definition) is 6. The monoisotopic (exact) mass is 643 g/mol. The molecule has 0 aliphatic carbocycles. The molecule has 0 fully saturated rings. The van der Waals surface area contributed by atoms with Crippen LogP contribution in [0.4, 0.5) is 13.6 Å². The van der Waals surface area contributed by atoms with Crippen molar-refractivity contribution in [2.45, 2.75) is 83.5 Å². The van der Waals surface area contributed by atoms with Gasteiger partial charge in [0.25, 0.3) is 0 Å². The Morgan fingerprint density at radius 2 is 1.80 bits per heavy atom. The minimum absolute atomic E-state index is 0.0261. The number of nitrogens with zero attached hydrogens (tertiary/aromatic N) is 4. The van der Waals surface area contributed by atoms with Gasteiger partial charge in [-0.05, 0) is 61.8 Å². The van der Waals surface area contributed by atoms with Crippen LogP contribution in [0.25, 0.3) is 22.2 Å². The van der Waals surface area contributed by atoms with Crippen LogP contribution in [0.5, 0.6) is 5.75 Å². The summed E-state index contributed by atoms with van der Waals surface area (Å²) in [4.78, 5) is 25.7. The van der Waals surface area contributed by atoms with Crippen molar-refractivity contribution < 1.29 is 27.8 Å². The summed E-state index contributed by atoms with van der Waals surface area (Å²) < 4.78 is 40.0. The predicted molar refractivity (Wildman–Crippen MR) is 167 cm³/mol. The molecule has 2 N–H and O–H groups in total. The Labute approximate surface area is 260 Å². The highest BCUT2D eigenvalue weighted by atomic mass is 35.5. The fourth-order valence-corrected chi connectivity index (χ4v) is 7.45. The van der Waals surface area contributed by atoms with Crippen LogP contribution in [0, 0.1) is 0 Å². The van der Waals surface area contributed by atoms with E-state index < -0.39 is 38.7 Å². The highest BCUT2D eigenvalue weighted by molar-refractivity contribution is 6.74. The van der Waals surface area contributed by atoms with Gasteiger partial charge in [0.15, 0.2) is 14.1 Å². The van der Waals surface area contributed by atoms with E-state index >= 15 is 0 Å². The molecule has 0 bridgehead atoms. The number of nitrogens with one attached hydrogen (secondary N) is 1. The summed E-state index contributed by atoms with van der Waals surface area (Å²) in [6.07, 6.45) is 2.47. The average Bonchev–Trinajstić information content (AvgIpc) is 3.44. The van der Waals surface area contributed by atoms with Crippen molar-refractivity contribution in [3.63, 3.8) is 0 Å². The molecule has 5 rings (SSSR count). The lowest BCUT2D eigenvalue weighted by Gasteiger charge is -2.42. The molecule has 0 radical (unpaired) electrons. The standard InChI is InChI=1S/C31H36ClF2N5O4Si/c1-30(2,3)44(6,7)43-31(4,5)27-35-15-18(16-36-27)17-11-12-20-22(13-17)39-23(14-21(26(39)37-20)38-29(40)41)25-19(32)9-8-10-24(25)42-28(33)34/h8-13,15-16,21,23,28,38H,14H2,1-7H3,(H,40,41)/t21-,23-/m1/s1. The van der Waals surface area contributed by atoms with E-state index in [9.17, 15) is 18.7 Å². The Bertz CT molecular complexity index is 1710. The molecule has 13 heteroatoms. The molecule has 2 aromatic heterocycles. The molecule has 2 atom stereocenters. The highest BCUT2D eigenvalue weighted by Gasteiger charge is 2.43. The molecule has 1 aliphatic heterocycles. The van der Waals surface area contributed by atoms with E-state index in [2.05, 4.69) is 49.1 Å². The maximum Gasteiger partial charge on any atom is 0.405 e. The lowest BCUT2D eigenvalue weighted by atomic mass is 10.0. The Morgan fingerprint density at radius 3 is 2.41 bits per heavy atom. The average molecular weight is 644 g/mol. The van der Waals surface area contributed by atoms with Crippen LogP contribution in [-0.2, 0) is 10.0 Å². The number of fused-ring (bicyclic) bond motifs is 3. The van der Waals surface area contributed by atoms with Crippen LogP contribution in [0.15, 0.2) is 48.8 Å². The van der Waals surface area contributed by atoms with Crippen LogP contribution < -0.4 is 10.1 Å². The van der Waals surface area contributed by atoms with Crippen molar-refractivity contribution in [1.29, 1.82) is 0 Å². The van der Waals surface area contributed by atoms with Crippen LogP contribution in [0.2, 0.25) is 23.2 Å². The molecule has 4 aromatic rings. The van der Waals surface area contributed by atoms with E-state index in [0.29, 0.717) is 28.2 Å². The zero-order valence-electron chi connectivity index (χ0n) is 25.7. The molecule has 2 aromatic carbocycles. The Morgan fingerprint density at radius 1 is 1.11 bits per heavy atom. The van der Waals surface area contributed by atoms with E-state index in [-0.39, 0.29) is 22.2 Å². The van der Waals surface area contributed by atoms with Crippen LogP contribution in [0.1, 0.15) is 70.3 Å². The van der Waals surface area contributed by atoms with Gasteiger partial charge in [0.05, 0.1) is 23.1 Å². The lowest BCUT2D eigenvalue weighted by molar-refractivity contribution is -0.0506. The molecular weight excluding hydrogens is 608 g/mol. The largest absolute Gasteiger partial charge is 0.465 e. The molecule has 44 heavy (non-hydrogen) atoms. The van der Waals surface area contributed by atoms with Crippen molar-refractivity contribution in [3.8, 4) is 16.9 Å². The van der Waals surface area contributed by atoms with Crippen LogP contribution >= 0.6 is 11.6 Å². The summed E-state index contributed by atoms with van der Waals surface area (Å²) in [6.45, 7) is 11.8. The van der Waals surface area contributed by atoms with Crippen molar-refractivity contribution in [2.24, 2.45) is 0 Å². The van der Waals surface area contributed by atoms with Gasteiger partial charge in [0, 0.05) is 35.0 Å².